The zero-order chi connectivity index (χ0) is 12.7. The van der Waals surface area contributed by atoms with E-state index in [1.165, 1.54) is 0 Å². The number of phenolic OH excluding ortho intramolecular Hbond substituents is 1. The highest BCUT2D eigenvalue weighted by atomic mass is 79.9. The first kappa shape index (κ1) is 11.3. The van der Waals surface area contributed by atoms with E-state index in [4.69, 9.17) is 0 Å². The number of aromatic hydroxyl groups is 1. The van der Waals surface area contributed by atoms with E-state index < -0.39 is 0 Å². The van der Waals surface area contributed by atoms with Gasteiger partial charge in [0.1, 0.15) is 16.2 Å². The molecule has 90 valence electrons. The summed E-state index contributed by atoms with van der Waals surface area (Å²) in [5.74, 6) is 0.980. The predicted octanol–water partition coefficient (Wildman–Crippen LogP) is 3.78. The molecule has 0 atom stereocenters. The van der Waals surface area contributed by atoms with Crippen molar-refractivity contribution in [2.24, 2.45) is 0 Å². The third-order valence-corrected chi connectivity index (χ3v) is 3.54. The van der Waals surface area contributed by atoms with E-state index in [2.05, 4.69) is 20.9 Å². The lowest BCUT2D eigenvalue weighted by Gasteiger charge is -2.06. The lowest BCUT2D eigenvalue weighted by molar-refractivity contribution is 0.477. The van der Waals surface area contributed by atoms with Gasteiger partial charge in [-0.2, -0.15) is 0 Å². The summed E-state index contributed by atoms with van der Waals surface area (Å²) in [6.07, 6.45) is 0. The summed E-state index contributed by atoms with van der Waals surface area (Å²) in [7, 11) is 0. The number of para-hydroxylation sites is 1. The first-order valence-electron chi connectivity index (χ1n) is 5.60. The second-order valence-corrected chi connectivity index (χ2v) is 4.88. The Bertz CT molecular complexity index is 734. The minimum absolute atomic E-state index is 0.236. The SMILES string of the molecule is Cc1cccc2c(Br)nc(-c3ccccc3O)n12. The highest BCUT2D eigenvalue weighted by Crippen LogP contribution is 2.32. The number of imidazole rings is 1. The quantitative estimate of drug-likeness (QED) is 0.743. The normalized spacial score (nSPS) is 11.0. The number of aryl methyl sites for hydroxylation is 1. The second kappa shape index (κ2) is 4.14. The summed E-state index contributed by atoms with van der Waals surface area (Å²) in [5.41, 5.74) is 2.80. The van der Waals surface area contributed by atoms with Gasteiger partial charge in [-0.3, -0.25) is 4.40 Å². The summed E-state index contributed by atoms with van der Waals surface area (Å²) < 4.78 is 2.81. The molecule has 0 spiro atoms. The smallest absolute Gasteiger partial charge is 0.149 e. The van der Waals surface area contributed by atoms with Crippen molar-refractivity contribution in [1.82, 2.24) is 9.38 Å². The molecule has 0 radical (unpaired) electrons. The molecule has 0 bridgehead atoms. The fraction of sp³-hybridized carbons (Fsp3) is 0.0714. The molecule has 18 heavy (non-hydrogen) atoms. The summed E-state index contributed by atoms with van der Waals surface area (Å²) in [5, 5.41) is 9.95. The van der Waals surface area contributed by atoms with Crippen LogP contribution >= 0.6 is 15.9 Å². The molecule has 0 unspecified atom stereocenters. The van der Waals surface area contributed by atoms with Gasteiger partial charge in [-0.25, -0.2) is 4.98 Å². The molecule has 3 nitrogen and oxygen atoms in total. The van der Waals surface area contributed by atoms with Gasteiger partial charge in [0.2, 0.25) is 0 Å². The van der Waals surface area contributed by atoms with Crippen LogP contribution in [0.4, 0.5) is 0 Å². The number of hydrogen-bond donors (Lipinski definition) is 1. The molecule has 2 aromatic heterocycles. The molecule has 1 N–H and O–H groups in total. The average Bonchev–Trinajstić information content (AvgIpc) is 2.69. The van der Waals surface area contributed by atoms with Crippen LogP contribution < -0.4 is 0 Å². The van der Waals surface area contributed by atoms with E-state index in [-0.39, 0.29) is 5.75 Å². The lowest BCUT2D eigenvalue weighted by Crippen LogP contribution is -1.93. The molecule has 1 aromatic carbocycles. The van der Waals surface area contributed by atoms with Gasteiger partial charge in [-0.15, -0.1) is 0 Å². The van der Waals surface area contributed by atoms with Crippen molar-refractivity contribution in [2.45, 2.75) is 6.92 Å². The standard InChI is InChI=1S/C14H11BrN2O/c1-9-5-4-7-11-13(15)16-14(17(9)11)10-6-2-3-8-12(10)18/h2-8,18H,1H3. The molecule has 0 aliphatic rings. The van der Waals surface area contributed by atoms with Crippen molar-refractivity contribution in [3.63, 3.8) is 0 Å². The van der Waals surface area contributed by atoms with Crippen molar-refractivity contribution >= 4 is 21.4 Å². The Balaban J connectivity index is 2.41. The van der Waals surface area contributed by atoms with Gasteiger partial charge in [-0.05, 0) is 47.1 Å². The second-order valence-electron chi connectivity index (χ2n) is 4.13. The van der Waals surface area contributed by atoms with Gasteiger partial charge < -0.3 is 5.11 Å². The zero-order valence-corrected chi connectivity index (χ0v) is 11.3. The van der Waals surface area contributed by atoms with Crippen LogP contribution in [-0.2, 0) is 0 Å². The largest absolute Gasteiger partial charge is 0.507 e. The van der Waals surface area contributed by atoms with Crippen LogP contribution in [0.2, 0.25) is 0 Å². The van der Waals surface area contributed by atoms with Crippen LogP contribution in [-0.4, -0.2) is 14.5 Å². The molecule has 4 heteroatoms. The zero-order valence-electron chi connectivity index (χ0n) is 9.76. The van der Waals surface area contributed by atoms with Crippen LogP contribution in [0.5, 0.6) is 5.75 Å². The molecule has 3 rings (SSSR count). The summed E-state index contributed by atoms with van der Waals surface area (Å²) in [6.45, 7) is 2.02. The Morgan fingerprint density at radius 2 is 1.89 bits per heavy atom. The highest BCUT2D eigenvalue weighted by molar-refractivity contribution is 9.10. The molecule has 0 aliphatic heterocycles. The number of fused-ring (bicyclic) bond motifs is 1. The highest BCUT2D eigenvalue weighted by Gasteiger charge is 2.14. The van der Waals surface area contributed by atoms with Gasteiger partial charge in [-0.1, -0.05) is 18.2 Å². The van der Waals surface area contributed by atoms with Crippen molar-refractivity contribution in [2.75, 3.05) is 0 Å². The van der Waals surface area contributed by atoms with Gasteiger partial charge >= 0.3 is 0 Å². The van der Waals surface area contributed by atoms with Crippen LogP contribution in [0.25, 0.3) is 16.9 Å². The number of phenols is 1. The fourth-order valence-corrected chi connectivity index (χ4v) is 2.58. The summed E-state index contributed by atoms with van der Waals surface area (Å²) >= 11 is 3.46. The van der Waals surface area contributed by atoms with Gasteiger partial charge in [0.25, 0.3) is 0 Å². The first-order valence-corrected chi connectivity index (χ1v) is 6.39. The molecular weight excluding hydrogens is 292 g/mol. The number of aromatic nitrogens is 2. The predicted molar refractivity (Wildman–Crippen MR) is 74.7 cm³/mol. The minimum Gasteiger partial charge on any atom is -0.507 e. The molecule has 2 heterocycles. The van der Waals surface area contributed by atoms with Crippen LogP contribution in [0, 0.1) is 6.92 Å². The van der Waals surface area contributed by atoms with E-state index in [1.54, 1.807) is 12.1 Å². The van der Waals surface area contributed by atoms with Crippen molar-refractivity contribution in [1.29, 1.82) is 0 Å². The van der Waals surface area contributed by atoms with Crippen molar-refractivity contribution in [3.8, 4) is 17.1 Å². The molecule has 0 fully saturated rings. The minimum atomic E-state index is 0.236. The van der Waals surface area contributed by atoms with E-state index in [0.29, 0.717) is 0 Å². The van der Waals surface area contributed by atoms with Gasteiger partial charge in [0, 0.05) is 5.69 Å². The van der Waals surface area contributed by atoms with Gasteiger partial charge in [0.05, 0.1) is 11.1 Å². The number of nitrogens with zero attached hydrogens (tertiary/aromatic N) is 2. The topological polar surface area (TPSA) is 37.5 Å². The maximum Gasteiger partial charge on any atom is 0.149 e. The Kier molecular flexibility index (Phi) is 2.59. The number of halogens is 1. The first-order chi connectivity index (χ1) is 8.68. The lowest BCUT2D eigenvalue weighted by atomic mass is 10.2. The Labute approximate surface area is 113 Å². The van der Waals surface area contributed by atoms with Crippen LogP contribution in [0.3, 0.4) is 0 Å². The van der Waals surface area contributed by atoms with Crippen LogP contribution in [0.1, 0.15) is 5.69 Å². The molecular formula is C14H11BrN2O. The number of hydrogen-bond acceptors (Lipinski definition) is 2. The third kappa shape index (κ3) is 1.61. The third-order valence-electron chi connectivity index (χ3n) is 2.96. The molecule has 0 saturated heterocycles. The Morgan fingerprint density at radius 1 is 1.11 bits per heavy atom. The summed E-state index contributed by atoms with van der Waals surface area (Å²) in [6, 6.07) is 13.2. The summed E-state index contributed by atoms with van der Waals surface area (Å²) in [4.78, 5) is 4.50. The number of pyridine rings is 1. The molecule has 0 amide bonds. The fourth-order valence-electron chi connectivity index (χ4n) is 2.10. The molecule has 0 saturated carbocycles. The number of benzene rings is 1. The van der Waals surface area contributed by atoms with E-state index >= 15 is 0 Å². The van der Waals surface area contributed by atoms with E-state index in [9.17, 15) is 5.11 Å². The van der Waals surface area contributed by atoms with Gasteiger partial charge in [0.15, 0.2) is 0 Å². The van der Waals surface area contributed by atoms with Crippen LogP contribution in [0.15, 0.2) is 47.1 Å². The number of rotatable bonds is 1. The van der Waals surface area contributed by atoms with Crippen molar-refractivity contribution < 1.29 is 5.11 Å². The molecule has 0 aliphatic carbocycles. The maximum atomic E-state index is 9.95. The van der Waals surface area contributed by atoms with E-state index in [1.807, 2.05) is 41.7 Å². The molecule has 3 aromatic rings. The Morgan fingerprint density at radius 3 is 2.67 bits per heavy atom. The van der Waals surface area contributed by atoms with Crippen molar-refractivity contribution in [3.05, 3.63) is 52.8 Å². The Hall–Kier alpha value is -1.81. The average molecular weight is 303 g/mol. The monoisotopic (exact) mass is 302 g/mol. The maximum absolute atomic E-state index is 9.95. The van der Waals surface area contributed by atoms with E-state index in [0.717, 1.165) is 27.2 Å².